The molecule has 30 heavy (non-hydrogen) atoms. The van der Waals surface area contributed by atoms with Crippen LogP contribution < -0.4 is 10.2 Å². The fourth-order valence-corrected chi connectivity index (χ4v) is 4.45. The first-order valence-corrected chi connectivity index (χ1v) is 10.8. The van der Waals surface area contributed by atoms with Crippen LogP contribution in [-0.2, 0) is 4.79 Å². The Labute approximate surface area is 187 Å². The lowest BCUT2D eigenvalue weighted by Crippen LogP contribution is -2.44. The predicted molar refractivity (Wildman–Crippen MR) is 128 cm³/mol. The van der Waals surface area contributed by atoms with Crippen LogP contribution in [0.1, 0.15) is 44.4 Å². The number of nitrogens with one attached hydrogen (secondary N) is 1. The van der Waals surface area contributed by atoms with E-state index in [4.69, 9.17) is 0 Å². The first-order valence-electron chi connectivity index (χ1n) is 9.97. The number of rotatable bonds is 4. The minimum atomic E-state index is -0.420. The minimum absolute atomic E-state index is 0.0582. The third kappa shape index (κ3) is 4.34. The molecule has 0 aliphatic carbocycles. The molecule has 0 aromatic heterocycles. The number of allylic oxidation sites excluding steroid dienone is 1. The Balaban J connectivity index is 1.99. The molecule has 2 aromatic rings. The molecule has 0 saturated heterocycles. The van der Waals surface area contributed by atoms with E-state index >= 15 is 0 Å². The monoisotopic (exact) mass is 463 g/mol. The number of hydrogen-bond acceptors (Lipinski definition) is 3. The van der Waals surface area contributed by atoms with Gasteiger partial charge < -0.3 is 10.2 Å². The van der Waals surface area contributed by atoms with Gasteiger partial charge in [-0.05, 0) is 87.7 Å². The average molecular weight is 464 g/mol. The van der Waals surface area contributed by atoms with E-state index in [-0.39, 0.29) is 11.1 Å². The van der Waals surface area contributed by atoms with Crippen molar-refractivity contribution in [2.24, 2.45) is 0 Å². The fraction of sp³-hybridized carbons (Fsp3) is 0.280. The summed E-state index contributed by atoms with van der Waals surface area (Å²) in [4.78, 5) is 15.0. The van der Waals surface area contributed by atoms with Gasteiger partial charge in [-0.2, -0.15) is 5.26 Å². The summed E-state index contributed by atoms with van der Waals surface area (Å²) in [6, 6.07) is 13.6. The second-order valence-electron chi connectivity index (χ2n) is 8.09. The highest BCUT2D eigenvalue weighted by atomic mass is 79.9. The fourth-order valence-electron chi connectivity index (χ4n) is 4.05. The van der Waals surface area contributed by atoms with Crippen LogP contribution in [0, 0.1) is 18.3 Å². The quantitative estimate of drug-likeness (QED) is 0.425. The zero-order chi connectivity index (χ0) is 22.1. The Kier molecular flexibility index (Phi) is 6.19. The largest absolute Gasteiger partial charge is 0.363 e. The first-order chi connectivity index (χ1) is 14.2. The van der Waals surface area contributed by atoms with E-state index in [0.717, 1.165) is 27.7 Å². The third-order valence-corrected chi connectivity index (χ3v) is 5.92. The molecule has 0 radical (unpaired) electrons. The molecular weight excluding hydrogens is 438 g/mol. The molecule has 0 atom stereocenters. The van der Waals surface area contributed by atoms with Crippen molar-refractivity contribution in [3.63, 3.8) is 0 Å². The zero-order valence-corrected chi connectivity index (χ0v) is 19.6. The van der Waals surface area contributed by atoms with Crippen molar-refractivity contribution in [3.05, 3.63) is 69.2 Å². The SMILES string of the molecule is CCN1c2cc(C)c(/C=C(\C#N)C(=O)Nc3cccc(Br)c3)cc2C(C)=CC1(C)C. The summed E-state index contributed by atoms with van der Waals surface area (Å²) in [5, 5.41) is 12.4. The molecule has 1 N–H and O–H groups in total. The van der Waals surface area contributed by atoms with E-state index in [1.165, 1.54) is 11.3 Å². The van der Waals surface area contributed by atoms with E-state index in [9.17, 15) is 10.1 Å². The summed E-state index contributed by atoms with van der Waals surface area (Å²) in [5.41, 5.74) is 6.08. The minimum Gasteiger partial charge on any atom is -0.363 e. The molecule has 0 spiro atoms. The average Bonchev–Trinajstić information content (AvgIpc) is 2.66. The van der Waals surface area contributed by atoms with Crippen LogP contribution in [0.4, 0.5) is 11.4 Å². The number of fused-ring (bicyclic) bond motifs is 1. The number of benzene rings is 2. The van der Waals surface area contributed by atoms with Crippen molar-refractivity contribution in [1.29, 1.82) is 5.26 Å². The van der Waals surface area contributed by atoms with Crippen LogP contribution in [0.25, 0.3) is 11.6 Å². The summed E-state index contributed by atoms with van der Waals surface area (Å²) in [6.07, 6.45) is 3.94. The Morgan fingerprint density at radius 1 is 1.27 bits per heavy atom. The third-order valence-electron chi connectivity index (χ3n) is 5.43. The van der Waals surface area contributed by atoms with Gasteiger partial charge in [-0.25, -0.2) is 0 Å². The maximum absolute atomic E-state index is 12.7. The molecule has 1 amide bonds. The standard InChI is InChI=1S/C25H26BrN3O/c1-6-29-23-10-16(2)18(12-22(23)17(3)14-25(29,4)5)11-19(15-27)24(30)28-21-9-7-8-20(26)13-21/h7-14H,6H2,1-5H3,(H,28,30)/b19-11+. The van der Waals surface area contributed by atoms with Gasteiger partial charge in [-0.15, -0.1) is 0 Å². The van der Waals surface area contributed by atoms with Crippen LogP contribution in [0.2, 0.25) is 0 Å². The van der Waals surface area contributed by atoms with E-state index in [2.05, 4.69) is 72.1 Å². The highest BCUT2D eigenvalue weighted by Gasteiger charge is 2.30. The van der Waals surface area contributed by atoms with Gasteiger partial charge in [0.25, 0.3) is 5.91 Å². The van der Waals surface area contributed by atoms with Crippen molar-refractivity contribution in [3.8, 4) is 6.07 Å². The van der Waals surface area contributed by atoms with Crippen molar-refractivity contribution >= 4 is 44.9 Å². The van der Waals surface area contributed by atoms with Gasteiger partial charge >= 0.3 is 0 Å². The number of nitriles is 1. The van der Waals surface area contributed by atoms with Gasteiger partial charge in [-0.1, -0.05) is 28.1 Å². The van der Waals surface area contributed by atoms with E-state index in [1.807, 2.05) is 25.1 Å². The van der Waals surface area contributed by atoms with Gasteiger partial charge in [0.2, 0.25) is 0 Å². The van der Waals surface area contributed by atoms with Crippen LogP contribution in [0.5, 0.6) is 0 Å². The summed E-state index contributed by atoms with van der Waals surface area (Å²) in [6.45, 7) is 11.6. The second-order valence-corrected chi connectivity index (χ2v) is 9.00. The molecule has 3 rings (SSSR count). The number of likely N-dealkylation sites (N-methyl/N-ethyl adjacent to an activating group) is 1. The van der Waals surface area contributed by atoms with Gasteiger partial charge in [-0.3, -0.25) is 4.79 Å². The van der Waals surface area contributed by atoms with Crippen LogP contribution >= 0.6 is 15.9 Å². The second kappa shape index (κ2) is 8.49. The molecule has 0 fully saturated rings. The van der Waals surface area contributed by atoms with Crippen molar-refractivity contribution < 1.29 is 4.79 Å². The smallest absolute Gasteiger partial charge is 0.266 e. The van der Waals surface area contributed by atoms with Gasteiger partial charge in [0.05, 0.1) is 5.54 Å². The van der Waals surface area contributed by atoms with E-state index in [0.29, 0.717) is 5.69 Å². The normalized spacial score (nSPS) is 15.2. The number of carbonyl (C=O) groups is 1. The van der Waals surface area contributed by atoms with Gasteiger partial charge in [0.1, 0.15) is 11.6 Å². The summed E-state index contributed by atoms with van der Waals surface area (Å²) in [5.74, 6) is -0.420. The number of halogens is 1. The van der Waals surface area contributed by atoms with Crippen LogP contribution in [0.3, 0.4) is 0 Å². The predicted octanol–water partition coefficient (Wildman–Crippen LogP) is 6.33. The molecule has 1 aliphatic heterocycles. The lowest BCUT2D eigenvalue weighted by molar-refractivity contribution is -0.112. The van der Waals surface area contributed by atoms with Gasteiger partial charge in [0, 0.05) is 28.0 Å². The molecule has 0 unspecified atom stereocenters. The first kappa shape index (κ1) is 21.9. The van der Waals surface area contributed by atoms with Crippen molar-refractivity contribution in [1.82, 2.24) is 0 Å². The highest BCUT2D eigenvalue weighted by Crippen LogP contribution is 2.40. The molecule has 0 saturated carbocycles. The number of carbonyl (C=O) groups excluding carboxylic acids is 1. The number of nitrogens with zero attached hydrogens (tertiary/aromatic N) is 2. The van der Waals surface area contributed by atoms with Gasteiger partial charge in [0.15, 0.2) is 0 Å². The summed E-state index contributed by atoms with van der Waals surface area (Å²) >= 11 is 3.39. The Morgan fingerprint density at radius 2 is 2.00 bits per heavy atom. The molecule has 2 aromatic carbocycles. The number of aryl methyl sites for hydroxylation is 1. The molecule has 4 nitrogen and oxygen atoms in total. The van der Waals surface area contributed by atoms with Crippen molar-refractivity contribution in [2.75, 3.05) is 16.8 Å². The lowest BCUT2D eigenvalue weighted by Gasteiger charge is -2.43. The Hall–Kier alpha value is -2.84. The van der Waals surface area contributed by atoms with Crippen molar-refractivity contribution in [2.45, 2.75) is 40.2 Å². The maximum atomic E-state index is 12.7. The summed E-state index contributed by atoms with van der Waals surface area (Å²) in [7, 11) is 0. The highest BCUT2D eigenvalue weighted by molar-refractivity contribution is 9.10. The topological polar surface area (TPSA) is 56.1 Å². The van der Waals surface area contributed by atoms with E-state index < -0.39 is 5.91 Å². The Bertz CT molecular complexity index is 1110. The molecule has 0 bridgehead atoms. The number of anilines is 2. The van der Waals surface area contributed by atoms with E-state index in [1.54, 1.807) is 18.2 Å². The summed E-state index contributed by atoms with van der Waals surface area (Å²) < 4.78 is 0.860. The molecule has 1 heterocycles. The molecule has 5 heteroatoms. The maximum Gasteiger partial charge on any atom is 0.266 e. The molecule has 154 valence electrons. The molecular formula is C25H26BrN3O. The Morgan fingerprint density at radius 3 is 2.63 bits per heavy atom. The molecule has 1 aliphatic rings. The van der Waals surface area contributed by atoms with Crippen LogP contribution in [-0.4, -0.2) is 18.0 Å². The number of hydrogen-bond donors (Lipinski definition) is 1. The lowest BCUT2D eigenvalue weighted by atomic mass is 9.86. The van der Waals surface area contributed by atoms with Crippen LogP contribution in [0.15, 0.2) is 52.5 Å². The zero-order valence-electron chi connectivity index (χ0n) is 18.0. The number of amides is 1.